The van der Waals surface area contributed by atoms with Crippen LogP contribution >= 0.6 is 0 Å². The Hall–Kier alpha value is -4.73. The summed E-state index contributed by atoms with van der Waals surface area (Å²) in [5, 5.41) is 25.8. The van der Waals surface area contributed by atoms with Crippen LogP contribution in [-0.4, -0.2) is 58.0 Å². The molecule has 0 radical (unpaired) electrons. The SMILES string of the molecule is N=C1NC(c2ccccc2)(c2ccccc2)C(=O)N1CCCCNC(=O)C(Cc1cccnc1)NC(=O)O. The molecule has 1 atom stereocenters. The normalized spacial score (nSPS) is 15.0. The van der Waals surface area contributed by atoms with Crippen LogP contribution in [0, 0.1) is 5.41 Å². The summed E-state index contributed by atoms with van der Waals surface area (Å²) in [7, 11) is 0. The summed E-state index contributed by atoms with van der Waals surface area (Å²) < 4.78 is 0. The molecule has 196 valence electrons. The fourth-order valence-electron chi connectivity index (χ4n) is 4.59. The fourth-order valence-corrected chi connectivity index (χ4v) is 4.59. The van der Waals surface area contributed by atoms with Gasteiger partial charge in [0.15, 0.2) is 11.5 Å². The number of hydrogen-bond acceptors (Lipinski definition) is 5. The number of benzene rings is 2. The van der Waals surface area contributed by atoms with Gasteiger partial charge in [-0.1, -0.05) is 66.7 Å². The number of nitrogens with one attached hydrogen (secondary N) is 4. The summed E-state index contributed by atoms with van der Waals surface area (Å²) in [5.41, 5.74) is 1.05. The Bertz CT molecular complexity index is 1230. The minimum absolute atomic E-state index is 0.0222. The molecule has 1 aliphatic heterocycles. The maximum Gasteiger partial charge on any atom is 0.405 e. The minimum atomic E-state index is -1.28. The molecule has 0 aliphatic carbocycles. The Kier molecular flexibility index (Phi) is 8.32. The van der Waals surface area contributed by atoms with Crippen molar-refractivity contribution >= 4 is 23.9 Å². The molecule has 10 nitrogen and oxygen atoms in total. The van der Waals surface area contributed by atoms with E-state index in [0.717, 1.165) is 16.7 Å². The number of carbonyl (C=O) groups excluding carboxylic acids is 2. The molecule has 0 bridgehead atoms. The number of nitrogens with zero attached hydrogens (tertiary/aromatic N) is 2. The first-order chi connectivity index (χ1) is 18.4. The lowest BCUT2D eigenvalue weighted by Crippen LogP contribution is -2.47. The van der Waals surface area contributed by atoms with Crippen LogP contribution in [0.2, 0.25) is 0 Å². The molecular weight excluding hydrogens is 484 g/mol. The second kappa shape index (κ2) is 12.0. The molecule has 2 heterocycles. The Morgan fingerprint density at radius 3 is 2.24 bits per heavy atom. The Balaban J connectivity index is 1.35. The number of guanidine groups is 1. The van der Waals surface area contributed by atoms with Gasteiger partial charge in [-0.15, -0.1) is 0 Å². The Labute approximate surface area is 220 Å². The van der Waals surface area contributed by atoms with Gasteiger partial charge >= 0.3 is 6.09 Å². The number of amides is 3. The molecule has 0 saturated carbocycles. The predicted octanol–water partition coefficient (Wildman–Crippen LogP) is 2.47. The number of hydrogen-bond donors (Lipinski definition) is 5. The third kappa shape index (κ3) is 5.80. The van der Waals surface area contributed by atoms with E-state index in [1.54, 1.807) is 24.5 Å². The average molecular weight is 515 g/mol. The van der Waals surface area contributed by atoms with Crippen molar-refractivity contribution in [2.24, 2.45) is 0 Å². The Morgan fingerprint density at radius 1 is 1.00 bits per heavy atom. The molecule has 4 rings (SSSR count). The van der Waals surface area contributed by atoms with Gasteiger partial charge in [-0.2, -0.15) is 0 Å². The molecule has 1 fully saturated rings. The van der Waals surface area contributed by atoms with Crippen molar-refractivity contribution in [1.29, 1.82) is 5.41 Å². The minimum Gasteiger partial charge on any atom is -0.465 e. The Morgan fingerprint density at radius 2 is 1.66 bits per heavy atom. The molecule has 5 N–H and O–H groups in total. The first-order valence-corrected chi connectivity index (χ1v) is 12.4. The zero-order valence-corrected chi connectivity index (χ0v) is 20.8. The number of carbonyl (C=O) groups is 3. The van der Waals surface area contributed by atoms with Gasteiger partial charge in [-0.25, -0.2) is 4.79 Å². The highest BCUT2D eigenvalue weighted by Gasteiger charge is 2.51. The number of aromatic nitrogens is 1. The van der Waals surface area contributed by atoms with Gasteiger partial charge in [0.05, 0.1) is 0 Å². The number of pyridine rings is 1. The summed E-state index contributed by atoms with van der Waals surface area (Å²) in [4.78, 5) is 43.0. The van der Waals surface area contributed by atoms with Crippen molar-refractivity contribution in [3.63, 3.8) is 0 Å². The van der Waals surface area contributed by atoms with Crippen LogP contribution in [-0.2, 0) is 21.5 Å². The molecule has 38 heavy (non-hydrogen) atoms. The van der Waals surface area contributed by atoms with Gasteiger partial charge in [0, 0.05) is 31.9 Å². The van der Waals surface area contributed by atoms with Gasteiger partial charge in [0.2, 0.25) is 5.91 Å². The predicted molar refractivity (Wildman–Crippen MR) is 141 cm³/mol. The summed E-state index contributed by atoms with van der Waals surface area (Å²) in [6, 6.07) is 21.3. The van der Waals surface area contributed by atoms with Crippen LogP contribution in [0.25, 0.3) is 0 Å². The number of carboxylic acid groups (broad SMARTS) is 1. The number of unbranched alkanes of at least 4 members (excludes halogenated alkanes) is 1. The average Bonchev–Trinajstić information content (AvgIpc) is 3.19. The van der Waals surface area contributed by atoms with Gasteiger partial charge in [-0.3, -0.25) is 24.9 Å². The molecule has 10 heteroatoms. The molecule has 0 spiro atoms. The van der Waals surface area contributed by atoms with Gasteiger partial charge < -0.3 is 21.1 Å². The summed E-state index contributed by atoms with van der Waals surface area (Å²) in [6.07, 6.45) is 3.16. The van der Waals surface area contributed by atoms with E-state index in [0.29, 0.717) is 25.9 Å². The van der Waals surface area contributed by atoms with Gasteiger partial charge in [0.25, 0.3) is 5.91 Å². The lowest BCUT2D eigenvalue weighted by Gasteiger charge is -2.28. The van der Waals surface area contributed by atoms with Gasteiger partial charge in [-0.05, 0) is 35.6 Å². The van der Waals surface area contributed by atoms with Crippen LogP contribution < -0.4 is 16.0 Å². The molecule has 3 aromatic rings. The van der Waals surface area contributed by atoms with Crippen molar-refractivity contribution in [2.45, 2.75) is 30.8 Å². The van der Waals surface area contributed by atoms with Crippen molar-refractivity contribution in [2.75, 3.05) is 13.1 Å². The lowest BCUT2D eigenvalue weighted by atomic mass is 9.82. The highest BCUT2D eigenvalue weighted by Crippen LogP contribution is 2.35. The molecule has 2 aromatic carbocycles. The summed E-state index contributed by atoms with van der Waals surface area (Å²) in [6.45, 7) is 0.601. The fraction of sp³-hybridized carbons (Fsp3) is 0.250. The van der Waals surface area contributed by atoms with E-state index in [4.69, 9.17) is 10.5 Å². The maximum absolute atomic E-state index is 13.8. The molecular formula is C28H30N6O4. The van der Waals surface area contributed by atoms with Crippen molar-refractivity contribution in [1.82, 2.24) is 25.8 Å². The second-order valence-electron chi connectivity index (χ2n) is 8.98. The van der Waals surface area contributed by atoms with Crippen LogP contribution in [0.15, 0.2) is 85.2 Å². The summed E-state index contributed by atoms with van der Waals surface area (Å²) in [5.74, 6) is -0.643. The third-order valence-corrected chi connectivity index (χ3v) is 6.44. The van der Waals surface area contributed by atoms with Crippen molar-refractivity contribution in [3.8, 4) is 0 Å². The van der Waals surface area contributed by atoms with Gasteiger partial charge in [0.1, 0.15) is 6.04 Å². The van der Waals surface area contributed by atoms with E-state index >= 15 is 0 Å². The molecule has 3 amide bonds. The molecule has 1 aliphatic rings. The van der Waals surface area contributed by atoms with E-state index in [1.165, 1.54) is 4.90 Å². The van der Waals surface area contributed by atoms with Crippen LogP contribution in [0.4, 0.5) is 4.79 Å². The zero-order chi connectivity index (χ0) is 27.0. The van der Waals surface area contributed by atoms with Crippen molar-refractivity contribution in [3.05, 3.63) is 102 Å². The molecule has 1 aromatic heterocycles. The van der Waals surface area contributed by atoms with Crippen LogP contribution in [0.5, 0.6) is 0 Å². The first kappa shape index (κ1) is 26.3. The molecule has 1 saturated heterocycles. The lowest BCUT2D eigenvalue weighted by molar-refractivity contribution is -0.130. The first-order valence-electron chi connectivity index (χ1n) is 12.4. The van der Waals surface area contributed by atoms with Crippen LogP contribution in [0.3, 0.4) is 0 Å². The maximum atomic E-state index is 13.8. The highest BCUT2D eigenvalue weighted by molar-refractivity contribution is 6.10. The van der Waals surface area contributed by atoms with E-state index in [2.05, 4.69) is 20.9 Å². The molecule has 1 unspecified atom stereocenters. The van der Waals surface area contributed by atoms with E-state index in [-0.39, 0.29) is 18.3 Å². The monoisotopic (exact) mass is 514 g/mol. The van der Waals surface area contributed by atoms with E-state index in [1.807, 2.05) is 60.7 Å². The number of rotatable bonds is 11. The second-order valence-corrected chi connectivity index (χ2v) is 8.98. The van der Waals surface area contributed by atoms with Crippen LogP contribution in [0.1, 0.15) is 29.5 Å². The third-order valence-electron chi connectivity index (χ3n) is 6.44. The highest BCUT2D eigenvalue weighted by atomic mass is 16.4. The smallest absolute Gasteiger partial charge is 0.405 e. The van der Waals surface area contributed by atoms with E-state index in [9.17, 15) is 14.4 Å². The van der Waals surface area contributed by atoms with E-state index < -0.39 is 23.6 Å². The summed E-state index contributed by atoms with van der Waals surface area (Å²) >= 11 is 0. The topological polar surface area (TPSA) is 148 Å². The zero-order valence-electron chi connectivity index (χ0n) is 20.8. The standard InChI is InChI=1S/C28H30N6O4/c29-26-33-28(21-11-3-1-4-12-21,22-13-5-2-6-14-22)25(36)34(26)17-8-7-16-31-24(35)23(32-27(37)38)18-20-10-9-15-30-19-20/h1-6,9-15,19,23,32H,7-8,16-18H2,(H2,29,33)(H,31,35)(H,37,38). The largest absolute Gasteiger partial charge is 0.465 e. The quantitative estimate of drug-likeness (QED) is 0.248. The van der Waals surface area contributed by atoms with Crippen molar-refractivity contribution < 1.29 is 19.5 Å².